The Hall–Kier alpha value is -4.82. The van der Waals surface area contributed by atoms with Crippen LogP contribution in [0.2, 0.25) is 0 Å². The number of hydrogen-bond acceptors (Lipinski definition) is 8. The minimum atomic E-state index is -4.02. The average Bonchev–Trinajstić information content (AvgIpc) is 3.18. The zero-order valence-electron chi connectivity index (χ0n) is 30.8. The van der Waals surface area contributed by atoms with Crippen LogP contribution in [0.15, 0.2) is 137 Å². The molecule has 1 aliphatic heterocycles. The van der Waals surface area contributed by atoms with E-state index in [-0.39, 0.29) is 42.0 Å². The molecule has 55 heavy (non-hydrogen) atoms. The normalized spacial score (nSPS) is 19.0. The number of ether oxygens (including phenoxy) is 2. The van der Waals surface area contributed by atoms with Gasteiger partial charge in [-0.3, -0.25) is 9.59 Å². The molecule has 0 aromatic heterocycles. The lowest BCUT2D eigenvalue weighted by molar-refractivity contribution is -0.268. The molecule has 1 saturated heterocycles. The number of carbonyl (C=O) groups is 2. The standard InChI is InChI=1S/C43H45N3O7S2/c1-28-12-22-38(23-13-28)55(50,51)46-39(24-31-8-5-4-6-9-31)42(49)45-36-11-7-10-34(25-36)43-52-40(27-54-37-20-18-35(19-21-37)44-30(3)48)29(2)41(53-43)33-16-14-32(26-47)15-17-33/h4-23,25,29,39-41,43,46-47H,24,26-27H2,1-3H3,(H,44,48)(H,45,49)/t29-,39+,40+,41+,43+/m0/s1. The molecule has 1 fully saturated rings. The number of thioether (sulfide) groups is 1. The number of hydrogen-bond donors (Lipinski definition) is 4. The number of amides is 2. The van der Waals surface area contributed by atoms with E-state index in [1.807, 2.05) is 91.9 Å². The molecular weight excluding hydrogens is 735 g/mol. The maximum Gasteiger partial charge on any atom is 0.242 e. The summed E-state index contributed by atoms with van der Waals surface area (Å²) in [6, 6.07) is 37.1. The summed E-state index contributed by atoms with van der Waals surface area (Å²) in [4.78, 5) is 26.5. The Morgan fingerprint density at radius 1 is 0.782 bits per heavy atom. The van der Waals surface area contributed by atoms with Gasteiger partial charge >= 0.3 is 0 Å². The highest BCUT2D eigenvalue weighted by Gasteiger charge is 2.38. The first-order valence-electron chi connectivity index (χ1n) is 18.0. The van der Waals surface area contributed by atoms with Gasteiger partial charge < -0.3 is 25.2 Å². The van der Waals surface area contributed by atoms with E-state index in [2.05, 4.69) is 22.3 Å². The third-order valence-corrected chi connectivity index (χ3v) is 12.0. The van der Waals surface area contributed by atoms with Gasteiger partial charge in [0.1, 0.15) is 6.04 Å². The van der Waals surface area contributed by atoms with Crippen LogP contribution < -0.4 is 15.4 Å². The van der Waals surface area contributed by atoms with E-state index in [9.17, 15) is 23.1 Å². The number of benzene rings is 5. The summed E-state index contributed by atoms with van der Waals surface area (Å²) < 4.78 is 42.8. The largest absolute Gasteiger partial charge is 0.392 e. The number of sulfonamides is 1. The molecule has 1 heterocycles. The van der Waals surface area contributed by atoms with E-state index in [1.165, 1.54) is 19.1 Å². The SMILES string of the molecule is CC(=O)Nc1ccc(SC[C@H]2O[C@@H](c3cccc(NC(=O)[C@@H](Cc4ccccc4)NS(=O)(=O)c4ccc(C)cc4)c3)O[C@@H](c3ccc(CO)cc3)[C@H]2C)cc1. The van der Waals surface area contributed by atoms with Gasteiger partial charge in [-0.1, -0.05) is 91.3 Å². The van der Waals surface area contributed by atoms with Gasteiger partial charge in [0, 0.05) is 40.4 Å². The maximum atomic E-state index is 13.9. The maximum absolute atomic E-state index is 13.9. The molecule has 0 saturated carbocycles. The van der Waals surface area contributed by atoms with E-state index in [4.69, 9.17) is 9.47 Å². The van der Waals surface area contributed by atoms with E-state index in [1.54, 1.807) is 42.1 Å². The van der Waals surface area contributed by atoms with Gasteiger partial charge in [0.15, 0.2) is 6.29 Å². The Labute approximate surface area is 326 Å². The minimum absolute atomic E-state index is 0.0504. The second-order valence-corrected chi connectivity index (χ2v) is 16.4. The number of rotatable bonds is 14. The fraction of sp³-hybridized carbons (Fsp3) is 0.256. The second-order valence-electron chi connectivity index (χ2n) is 13.6. The van der Waals surface area contributed by atoms with Crippen molar-refractivity contribution in [1.29, 1.82) is 0 Å². The lowest BCUT2D eigenvalue weighted by Crippen LogP contribution is -2.45. The third kappa shape index (κ3) is 10.7. The summed E-state index contributed by atoms with van der Waals surface area (Å²) in [6.45, 7) is 5.37. The van der Waals surface area contributed by atoms with Gasteiger partial charge in [-0.15, -0.1) is 11.8 Å². The average molecular weight is 780 g/mol. The molecule has 0 aliphatic carbocycles. The highest BCUT2D eigenvalue weighted by Crippen LogP contribution is 2.43. The van der Waals surface area contributed by atoms with Crippen LogP contribution in [0.1, 0.15) is 54.1 Å². The van der Waals surface area contributed by atoms with Gasteiger partial charge in [-0.05, 0) is 78.6 Å². The zero-order chi connectivity index (χ0) is 39.0. The molecule has 0 bridgehead atoms. The quantitative estimate of drug-likeness (QED) is 0.0847. The lowest BCUT2D eigenvalue weighted by Gasteiger charge is -2.41. The van der Waals surface area contributed by atoms with Gasteiger partial charge in [-0.25, -0.2) is 8.42 Å². The van der Waals surface area contributed by atoms with Crippen molar-refractivity contribution >= 4 is 45.0 Å². The van der Waals surface area contributed by atoms with Crippen LogP contribution in [0.3, 0.4) is 0 Å². The van der Waals surface area contributed by atoms with Crippen molar-refractivity contribution in [2.24, 2.45) is 5.92 Å². The molecule has 0 radical (unpaired) electrons. The summed E-state index contributed by atoms with van der Waals surface area (Å²) in [5.74, 6) is -0.0842. The first-order valence-corrected chi connectivity index (χ1v) is 20.5. The summed E-state index contributed by atoms with van der Waals surface area (Å²) in [5, 5.41) is 15.4. The van der Waals surface area contributed by atoms with Crippen LogP contribution in [-0.4, -0.2) is 43.2 Å². The van der Waals surface area contributed by atoms with Gasteiger partial charge in [0.25, 0.3) is 0 Å². The van der Waals surface area contributed by atoms with Gasteiger partial charge in [0.2, 0.25) is 21.8 Å². The summed E-state index contributed by atoms with van der Waals surface area (Å²) in [6.07, 6.45) is -1.24. The van der Waals surface area contributed by atoms with Crippen molar-refractivity contribution in [3.8, 4) is 0 Å². The highest BCUT2D eigenvalue weighted by atomic mass is 32.2. The molecule has 5 aromatic carbocycles. The summed E-state index contributed by atoms with van der Waals surface area (Å²) in [7, 11) is -4.02. The van der Waals surface area contributed by atoms with E-state index in [0.717, 1.165) is 32.8 Å². The molecule has 4 N–H and O–H groups in total. The van der Waals surface area contributed by atoms with Crippen molar-refractivity contribution < 1.29 is 32.6 Å². The Bertz CT molecular complexity index is 2170. The first kappa shape index (κ1) is 39.9. The fourth-order valence-electron chi connectivity index (χ4n) is 6.33. The predicted octanol–water partition coefficient (Wildman–Crippen LogP) is 7.56. The van der Waals surface area contributed by atoms with Crippen LogP contribution in [0.4, 0.5) is 11.4 Å². The molecule has 5 aromatic rings. The van der Waals surface area contributed by atoms with Crippen molar-refractivity contribution in [1.82, 2.24) is 4.72 Å². The van der Waals surface area contributed by atoms with Crippen LogP contribution in [0.25, 0.3) is 0 Å². The molecule has 6 rings (SSSR count). The second kappa shape index (κ2) is 18.2. The van der Waals surface area contributed by atoms with Crippen LogP contribution in [0.5, 0.6) is 0 Å². The van der Waals surface area contributed by atoms with E-state index >= 15 is 0 Å². The Morgan fingerprint density at radius 2 is 1.49 bits per heavy atom. The molecule has 0 spiro atoms. The Balaban J connectivity index is 1.22. The van der Waals surface area contributed by atoms with E-state index in [0.29, 0.717) is 17.0 Å². The minimum Gasteiger partial charge on any atom is -0.392 e. The summed E-state index contributed by atoms with van der Waals surface area (Å²) in [5.41, 5.74) is 5.31. The molecular formula is C43H45N3O7S2. The van der Waals surface area contributed by atoms with Crippen molar-refractivity contribution in [3.05, 3.63) is 155 Å². The Kier molecular flexibility index (Phi) is 13.2. The highest BCUT2D eigenvalue weighted by molar-refractivity contribution is 7.99. The van der Waals surface area contributed by atoms with Crippen molar-refractivity contribution in [2.75, 3.05) is 16.4 Å². The van der Waals surface area contributed by atoms with Gasteiger partial charge in [0.05, 0.1) is 23.7 Å². The fourth-order valence-corrected chi connectivity index (χ4v) is 8.59. The number of carbonyl (C=O) groups excluding carboxylic acids is 2. The predicted molar refractivity (Wildman–Crippen MR) is 215 cm³/mol. The topological polar surface area (TPSA) is 143 Å². The number of aliphatic hydroxyl groups excluding tert-OH is 1. The zero-order valence-corrected chi connectivity index (χ0v) is 32.5. The third-order valence-electron chi connectivity index (χ3n) is 9.37. The number of anilines is 2. The monoisotopic (exact) mass is 779 g/mol. The summed E-state index contributed by atoms with van der Waals surface area (Å²) >= 11 is 1.64. The smallest absolute Gasteiger partial charge is 0.242 e. The molecule has 12 heteroatoms. The van der Waals surface area contributed by atoms with Crippen LogP contribution >= 0.6 is 11.8 Å². The lowest BCUT2D eigenvalue weighted by atomic mass is 9.91. The number of aryl methyl sites for hydroxylation is 1. The molecule has 5 atom stereocenters. The van der Waals surface area contributed by atoms with Crippen molar-refractivity contribution in [2.45, 2.75) is 68.1 Å². The molecule has 10 nitrogen and oxygen atoms in total. The molecule has 0 unspecified atom stereocenters. The molecule has 2 amide bonds. The van der Waals surface area contributed by atoms with Crippen molar-refractivity contribution in [3.63, 3.8) is 0 Å². The Morgan fingerprint density at radius 3 is 2.16 bits per heavy atom. The first-order chi connectivity index (χ1) is 26.5. The number of nitrogens with one attached hydrogen (secondary N) is 3. The van der Waals surface area contributed by atoms with Crippen LogP contribution in [0, 0.1) is 12.8 Å². The molecule has 1 aliphatic rings. The van der Waals surface area contributed by atoms with Gasteiger partial charge in [-0.2, -0.15) is 4.72 Å². The number of aliphatic hydroxyl groups is 1. The van der Waals surface area contributed by atoms with E-state index < -0.39 is 28.3 Å². The molecule has 286 valence electrons. The van der Waals surface area contributed by atoms with Crippen LogP contribution in [-0.2, 0) is 42.1 Å².